The molecule has 2 aromatic rings. The van der Waals surface area contributed by atoms with Gasteiger partial charge < -0.3 is 9.84 Å². The molecule has 1 N–H and O–H groups in total. The number of nitro groups is 2. The summed E-state index contributed by atoms with van der Waals surface area (Å²) in [5.41, 5.74) is -0.643. The zero-order valence-electron chi connectivity index (χ0n) is 12.7. The average molecular weight is 332 g/mol. The van der Waals surface area contributed by atoms with Crippen molar-refractivity contribution in [2.45, 2.75) is 13.8 Å². The smallest absolute Gasteiger partial charge is 0.346 e. The molecule has 0 aliphatic heterocycles. The van der Waals surface area contributed by atoms with Gasteiger partial charge in [0.15, 0.2) is 11.3 Å². The van der Waals surface area contributed by atoms with E-state index in [1.807, 2.05) is 6.07 Å². The molecule has 9 nitrogen and oxygen atoms in total. The number of carboxylic acids is 1. The largest absolute Gasteiger partial charge is 0.477 e. The molecule has 0 unspecified atom stereocenters. The number of nitrogens with zero attached hydrogens (tertiary/aromatic N) is 2. The Bertz CT molecular complexity index is 841. The Labute approximate surface area is 135 Å². The zero-order valence-corrected chi connectivity index (χ0v) is 12.7. The van der Waals surface area contributed by atoms with E-state index in [1.54, 1.807) is 26.0 Å². The van der Waals surface area contributed by atoms with Crippen molar-refractivity contribution >= 4 is 17.3 Å². The lowest BCUT2D eigenvalue weighted by Gasteiger charge is -2.10. The van der Waals surface area contributed by atoms with Crippen LogP contribution in [0.5, 0.6) is 11.5 Å². The molecule has 0 aromatic heterocycles. The van der Waals surface area contributed by atoms with Gasteiger partial charge in [0, 0.05) is 0 Å². The van der Waals surface area contributed by atoms with Crippen LogP contribution in [-0.4, -0.2) is 20.9 Å². The molecule has 9 heteroatoms. The Morgan fingerprint density at radius 2 is 1.58 bits per heavy atom. The number of carboxylic acid groups (broad SMARTS) is 1. The number of aromatic carboxylic acids is 1. The van der Waals surface area contributed by atoms with Crippen LogP contribution >= 0.6 is 0 Å². The van der Waals surface area contributed by atoms with E-state index >= 15 is 0 Å². The van der Waals surface area contributed by atoms with Crippen LogP contribution in [0.2, 0.25) is 0 Å². The highest BCUT2D eigenvalue weighted by atomic mass is 16.6. The monoisotopic (exact) mass is 332 g/mol. The SMILES string of the molecule is Cc1cc(C)cc(Oc2cc([N+](=O)[O-])cc([N+](=O)[O-])c2C(=O)O)c1. The number of aryl methyl sites for hydroxylation is 2. The van der Waals surface area contributed by atoms with Gasteiger partial charge in [-0.1, -0.05) is 6.07 Å². The molecule has 2 aromatic carbocycles. The first kappa shape index (κ1) is 16.9. The first-order valence-corrected chi connectivity index (χ1v) is 6.65. The summed E-state index contributed by atoms with van der Waals surface area (Å²) in [6.45, 7) is 3.57. The Morgan fingerprint density at radius 3 is 2.04 bits per heavy atom. The van der Waals surface area contributed by atoms with Crippen LogP contribution in [0.1, 0.15) is 21.5 Å². The van der Waals surface area contributed by atoms with Gasteiger partial charge in [-0.3, -0.25) is 20.2 Å². The van der Waals surface area contributed by atoms with E-state index in [2.05, 4.69) is 0 Å². The number of carbonyl (C=O) groups is 1. The van der Waals surface area contributed by atoms with Crippen molar-refractivity contribution in [2.24, 2.45) is 0 Å². The number of benzene rings is 2. The molecule has 0 saturated carbocycles. The minimum atomic E-state index is -1.61. The lowest BCUT2D eigenvalue weighted by molar-refractivity contribution is -0.394. The first-order chi connectivity index (χ1) is 11.2. The average Bonchev–Trinajstić information content (AvgIpc) is 2.44. The maximum atomic E-state index is 11.4. The fourth-order valence-corrected chi connectivity index (χ4v) is 2.25. The molecule has 0 bridgehead atoms. The zero-order chi connectivity index (χ0) is 18.0. The highest BCUT2D eigenvalue weighted by molar-refractivity contribution is 5.96. The Kier molecular flexibility index (Phi) is 4.45. The van der Waals surface area contributed by atoms with Crippen molar-refractivity contribution in [1.82, 2.24) is 0 Å². The van der Waals surface area contributed by atoms with E-state index in [9.17, 15) is 30.1 Å². The minimum Gasteiger partial charge on any atom is -0.477 e. The van der Waals surface area contributed by atoms with Gasteiger partial charge >= 0.3 is 5.97 Å². The summed E-state index contributed by atoms with van der Waals surface area (Å²) in [4.78, 5) is 31.6. The van der Waals surface area contributed by atoms with Crippen molar-refractivity contribution in [1.29, 1.82) is 0 Å². The fourth-order valence-electron chi connectivity index (χ4n) is 2.25. The second-order valence-corrected chi connectivity index (χ2v) is 5.08. The molecule has 0 atom stereocenters. The van der Waals surface area contributed by atoms with Gasteiger partial charge in [0.05, 0.1) is 22.0 Å². The van der Waals surface area contributed by atoms with Crippen LogP contribution in [0.3, 0.4) is 0 Å². The maximum absolute atomic E-state index is 11.4. The van der Waals surface area contributed by atoms with E-state index < -0.39 is 38.5 Å². The normalized spacial score (nSPS) is 10.2. The summed E-state index contributed by atoms with van der Waals surface area (Å²) in [5.74, 6) is -1.85. The van der Waals surface area contributed by atoms with E-state index in [4.69, 9.17) is 4.74 Å². The minimum absolute atomic E-state index is 0.227. The lowest BCUT2D eigenvalue weighted by atomic mass is 10.1. The van der Waals surface area contributed by atoms with Crippen molar-refractivity contribution in [3.05, 3.63) is 67.3 Å². The van der Waals surface area contributed by atoms with Crippen molar-refractivity contribution in [3.63, 3.8) is 0 Å². The second kappa shape index (κ2) is 6.32. The summed E-state index contributed by atoms with van der Waals surface area (Å²) in [6.07, 6.45) is 0. The number of ether oxygens (including phenoxy) is 1. The van der Waals surface area contributed by atoms with Crippen LogP contribution in [0.4, 0.5) is 11.4 Å². The standard InChI is InChI=1S/C15H12N2O7/c1-8-3-9(2)5-11(4-8)24-13-7-10(16(20)21)6-12(17(22)23)14(13)15(18)19/h3-7H,1-2H3,(H,18,19). The van der Waals surface area contributed by atoms with Gasteiger partial charge in [-0.25, -0.2) is 4.79 Å². The highest BCUT2D eigenvalue weighted by Gasteiger charge is 2.30. The summed E-state index contributed by atoms with van der Waals surface area (Å²) in [5, 5.41) is 31.3. The van der Waals surface area contributed by atoms with Crippen LogP contribution in [0, 0.1) is 34.1 Å². The quantitative estimate of drug-likeness (QED) is 0.653. The molecule has 0 fully saturated rings. The molecule has 0 aliphatic rings. The lowest BCUT2D eigenvalue weighted by Crippen LogP contribution is -2.06. The molecule has 0 spiro atoms. The van der Waals surface area contributed by atoms with E-state index in [0.29, 0.717) is 6.07 Å². The molecular weight excluding hydrogens is 320 g/mol. The third-order valence-corrected chi connectivity index (χ3v) is 3.11. The third kappa shape index (κ3) is 3.46. The topological polar surface area (TPSA) is 133 Å². The van der Waals surface area contributed by atoms with E-state index in [0.717, 1.165) is 17.2 Å². The van der Waals surface area contributed by atoms with Crippen LogP contribution < -0.4 is 4.74 Å². The predicted octanol–water partition coefficient (Wildman–Crippen LogP) is 3.61. The van der Waals surface area contributed by atoms with Crippen molar-refractivity contribution in [2.75, 3.05) is 0 Å². The van der Waals surface area contributed by atoms with Crippen molar-refractivity contribution in [3.8, 4) is 11.5 Å². The molecule has 0 amide bonds. The molecule has 0 radical (unpaired) electrons. The van der Waals surface area contributed by atoms with E-state index in [-0.39, 0.29) is 5.75 Å². The number of hydrogen-bond acceptors (Lipinski definition) is 6. The van der Waals surface area contributed by atoms with Gasteiger partial charge in [-0.15, -0.1) is 0 Å². The number of non-ortho nitro benzene ring substituents is 1. The number of rotatable bonds is 5. The van der Waals surface area contributed by atoms with E-state index in [1.165, 1.54) is 0 Å². The maximum Gasteiger partial charge on any atom is 0.346 e. The Morgan fingerprint density at radius 1 is 1.00 bits per heavy atom. The van der Waals surface area contributed by atoms with Crippen LogP contribution in [-0.2, 0) is 0 Å². The summed E-state index contributed by atoms with van der Waals surface area (Å²) >= 11 is 0. The number of nitro benzene ring substituents is 2. The molecule has 24 heavy (non-hydrogen) atoms. The second-order valence-electron chi connectivity index (χ2n) is 5.08. The van der Waals surface area contributed by atoms with Crippen LogP contribution in [0.15, 0.2) is 30.3 Å². The summed E-state index contributed by atoms with van der Waals surface area (Å²) in [6, 6.07) is 6.47. The van der Waals surface area contributed by atoms with Crippen molar-refractivity contribution < 1.29 is 24.5 Å². The number of hydrogen-bond donors (Lipinski definition) is 1. The van der Waals surface area contributed by atoms with Gasteiger partial charge in [0.1, 0.15) is 5.75 Å². The fraction of sp³-hybridized carbons (Fsp3) is 0.133. The first-order valence-electron chi connectivity index (χ1n) is 6.65. The molecule has 0 saturated heterocycles. The summed E-state index contributed by atoms with van der Waals surface area (Å²) in [7, 11) is 0. The highest BCUT2D eigenvalue weighted by Crippen LogP contribution is 2.36. The summed E-state index contributed by atoms with van der Waals surface area (Å²) < 4.78 is 5.42. The predicted molar refractivity (Wildman–Crippen MR) is 82.7 cm³/mol. The molecule has 2 rings (SSSR count). The van der Waals surface area contributed by atoms with Crippen LogP contribution in [0.25, 0.3) is 0 Å². The molecule has 124 valence electrons. The third-order valence-electron chi connectivity index (χ3n) is 3.11. The molecule has 0 heterocycles. The van der Waals surface area contributed by atoms with Gasteiger partial charge in [0.25, 0.3) is 11.4 Å². The Balaban J connectivity index is 2.67. The van der Waals surface area contributed by atoms with Gasteiger partial charge in [-0.05, 0) is 37.1 Å². The molecular formula is C15H12N2O7. The van der Waals surface area contributed by atoms with Gasteiger partial charge in [-0.2, -0.15) is 0 Å². The molecule has 0 aliphatic carbocycles. The van der Waals surface area contributed by atoms with Gasteiger partial charge in [0.2, 0.25) is 0 Å². The Hall–Kier alpha value is -3.49.